The van der Waals surface area contributed by atoms with Gasteiger partial charge >= 0.3 is 5.97 Å². The van der Waals surface area contributed by atoms with Crippen LogP contribution in [0.25, 0.3) is 0 Å². The second-order valence-electron chi connectivity index (χ2n) is 4.38. The maximum absolute atomic E-state index is 11.4. The fourth-order valence-corrected chi connectivity index (χ4v) is 1.87. The predicted octanol–water partition coefficient (Wildman–Crippen LogP) is 1.62. The Morgan fingerprint density at radius 1 is 1.29 bits per heavy atom. The van der Waals surface area contributed by atoms with Crippen molar-refractivity contribution in [3.63, 3.8) is 0 Å². The molecule has 0 fully saturated rings. The first-order chi connectivity index (χ1) is 10.1. The molecule has 1 aromatic carbocycles. The average Bonchev–Trinajstić information content (AvgIpc) is 2.46. The van der Waals surface area contributed by atoms with Crippen molar-refractivity contribution in [3.05, 3.63) is 23.8 Å². The van der Waals surface area contributed by atoms with Crippen LogP contribution in [0.2, 0.25) is 0 Å². The first kappa shape index (κ1) is 16.8. The largest absolute Gasteiger partial charge is 0.493 e. The van der Waals surface area contributed by atoms with Crippen LogP contribution in [0.4, 0.5) is 0 Å². The van der Waals surface area contributed by atoms with E-state index in [-0.39, 0.29) is 18.7 Å². The van der Waals surface area contributed by atoms with Crippen molar-refractivity contribution in [1.82, 2.24) is 5.32 Å². The lowest BCUT2D eigenvalue weighted by Crippen LogP contribution is -2.26. The van der Waals surface area contributed by atoms with Crippen LogP contribution in [0, 0.1) is 0 Å². The van der Waals surface area contributed by atoms with Crippen LogP contribution in [0.1, 0.15) is 25.3 Å². The molecule has 6 nitrogen and oxygen atoms in total. The first-order valence-corrected chi connectivity index (χ1v) is 6.85. The minimum atomic E-state index is -0.975. The molecule has 0 aliphatic heterocycles. The third kappa shape index (κ3) is 5.72. The summed E-state index contributed by atoms with van der Waals surface area (Å²) in [7, 11) is 1.58. The third-order valence-electron chi connectivity index (χ3n) is 2.85. The number of ether oxygens (including phenoxy) is 2. The molecule has 0 aromatic heterocycles. The van der Waals surface area contributed by atoms with Gasteiger partial charge in [0, 0.05) is 13.0 Å². The van der Waals surface area contributed by atoms with Crippen molar-refractivity contribution in [2.24, 2.45) is 0 Å². The lowest BCUT2D eigenvalue weighted by atomic mass is 10.1. The lowest BCUT2D eigenvalue weighted by molar-refractivity contribution is -0.138. The quantitative estimate of drug-likeness (QED) is 0.723. The van der Waals surface area contributed by atoms with Crippen molar-refractivity contribution in [3.8, 4) is 11.5 Å². The van der Waals surface area contributed by atoms with E-state index in [1.165, 1.54) is 0 Å². The Morgan fingerprint density at radius 3 is 2.67 bits per heavy atom. The van der Waals surface area contributed by atoms with E-state index in [2.05, 4.69) is 5.32 Å². The Morgan fingerprint density at radius 2 is 2.05 bits per heavy atom. The minimum absolute atomic E-state index is 0.00817. The van der Waals surface area contributed by atoms with Gasteiger partial charge in [-0.1, -0.05) is 12.1 Å². The molecular weight excluding hydrogens is 274 g/mol. The molecule has 21 heavy (non-hydrogen) atoms. The van der Waals surface area contributed by atoms with E-state index in [1.807, 2.05) is 25.1 Å². The van der Waals surface area contributed by atoms with E-state index >= 15 is 0 Å². The van der Waals surface area contributed by atoms with Crippen LogP contribution < -0.4 is 14.8 Å². The van der Waals surface area contributed by atoms with Gasteiger partial charge in [-0.05, 0) is 25.0 Å². The zero-order chi connectivity index (χ0) is 15.7. The molecule has 0 bridgehead atoms. The number of nitrogens with one attached hydrogen (secondary N) is 1. The molecule has 1 aromatic rings. The fourth-order valence-electron chi connectivity index (χ4n) is 1.87. The van der Waals surface area contributed by atoms with Crippen LogP contribution in [0.15, 0.2) is 18.2 Å². The molecule has 0 atom stereocenters. The molecule has 0 saturated carbocycles. The summed E-state index contributed by atoms with van der Waals surface area (Å²) in [5.41, 5.74) is 0.940. The van der Waals surface area contributed by atoms with Crippen molar-refractivity contribution in [2.75, 3.05) is 20.3 Å². The van der Waals surface area contributed by atoms with Gasteiger partial charge in [-0.25, -0.2) is 0 Å². The van der Waals surface area contributed by atoms with Gasteiger partial charge < -0.3 is 19.9 Å². The number of hydrogen-bond donors (Lipinski definition) is 2. The van der Waals surface area contributed by atoms with E-state index in [9.17, 15) is 9.59 Å². The standard InChI is InChI=1S/C15H21NO5/c1-3-21-15-11(5-4-6-12(15)20-2)9-10-16-13(17)7-8-14(18)19/h4-6H,3,7-10H2,1-2H3,(H,16,17)(H,18,19). The monoisotopic (exact) mass is 295 g/mol. The Labute approximate surface area is 124 Å². The van der Waals surface area contributed by atoms with Crippen LogP contribution in [0.5, 0.6) is 11.5 Å². The number of carbonyl (C=O) groups excluding carboxylic acids is 1. The number of para-hydroxylation sites is 1. The second kappa shape index (κ2) is 8.84. The number of hydrogen-bond acceptors (Lipinski definition) is 4. The predicted molar refractivity (Wildman–Crippen MR) is 77.7 cm³/mol. The van der Waals surface area contributed by atoms with Crippen LogP contribution in [-0.4, -0.2) is 37.2 Å². The molecular formula is C15H21NO5. The smallest absolute Gasteiger partial charge is 0.303 e. The van der Waals surface area contributed by atoms with E-state index < -0.39 is 5.97 Å². The Hall–Kier alpha value is -2.24. The molecule has 2 N–H and O–H groups in total. The molecule has 0 spiro atoms. The summed E-state index contributed by atoms with van der Waals surface area (Å²) >= 11 is 0. The number of rotatable bonds is 9. The molecule has 1 rings (SSSR count). The molecule has 116 valence electrons. The second-order valence-corrected chi connectivity index (χ2v) is 4.38. The number of methoxy groups -OCH3 is 1. The van der Waals surface area contributed by atoms with Crippen LogP contribution >= 0.6 is 0 Å². The average molecular weight is 295 g/mol. The Bertz CT molecular complexity index is 487. The minimum Gasteiger partial charge on any atom is -0.493 e. The zero-order valence-electron chi connectivity index (χ0n) is 12.3. The molecule has 0 unspecified atom stereocenters. The number of benzene rings is 1. The van der Waals surface area contributed by atoms with Gasteiger partial charge in [-0.3, -0.25) is 9.59 Å². The first-order valence-electron chi connectivity index (χ1n) is 6.85. The molecule has 0 aliphatic carbocycles. The summed E-state index contributed by atoms with van der Waals surface area (Å²) in [6.45, 7) is 2.84. The van der Waals surface area contributed by atoms with E-state index in [4.69, 9.17) is 14.6 Å². The summed E-state index contributed by atoms with van der Waals surface area (Å²) < 4.78 is 10.8. The molecule has 0 heterocycles. The van der Waals surface area contributed by atoms with Crippen LogP contribution in [-0.2, 0) is 16.0 Å². The number of amides is 1. The fraction of sp³-hybridized carbons (Fsp3) is 0.467. The van der Waals surface area contributed by atoms with Crippen molar-refractivity contribution in [1.29, 1.82) is 0 Å². The van der Waals surface area contributed by atoms with Crippen LogP contribution in [0.3, 0.4) is 0 Å². The number of carbonyl (C=O) groups is 2. The normalized spacial score (nSPS) is 10.0. The third-order valence-corrected chi connectivity index (χ3v) is 2.85. The van der Waals surface area contributed by atoms with Gasteiger partial charge in [0.05, 0.1) is 20.1 Å². The van der Waals surface area contributed by atoms with Crippen molar-refractivity contribution < 1.29 is 24.2 Å². The van der Waals surface area contributed by atoms with Gasteiger partial charge in [0.1, 0.15) is 0 Å². The highest BCUT2D eigenvalue weighted by molar-refractivity contribution is 5.80. The lowest BCUT2D eigenvalue weighted by Gasteiger charge is -2.14. The highest BCUT2D eigenvalue weighted by atomic mass is 16.5. The summed E-state index contributed by atoms with van der Waals surface area (Å²) in [5, 5.41) is 11.2. The van der Waals surface area contributed by atoms with E-state index in [0.717, 1.165) is 5.56 Å². The molecule has 1 amide bonds. The maximum atomic E-state index is 11.4. The zero-order valence-corrected chi connectivity index (χ0v) is 12.3. The van der Waals surface area contributed by atoms with Gasteiger partial charge in [0.15, 0.2) is 11.5 Å². The van der Waals surface area contributed by atoms with Crippen molar-refractivity contribution >= 4 is 11.9 Å². The highest BCUT2D eigenvalue weighted by Crippen LogP contribution is 2.31. The van der Waals surface area contributed by atoms with E-state index in [1.54, 1.807) is 7.11 Å². The maximum Gasteiger partial charge on any atom is 0.303 e. The number of carboxylic acid groups (broad SMARTS) is 1. The summed E-state index contributed by atoms with van der Waals surface area (Å²) in [6, 6.07) is 5.60. The summed E-state index contributed by atoms with van der Waals surface area (Å²) in [6.07, 6.45) is 0.423. The van der Waals surface area contributed by atoms with Gasteiger partial charge in [0.25, 0.3) is 0 Å². The van der Waals surface area contributed by atoms with Gasteiger partial charge in [-0.15, -0.1) is 0 Å². The van der Waals surface area contributed by atoms with Gasteiger partial charge in [-0.2, -0.15) is 0 Å². The molecule has 6 heteroatoms. The molecule has 0 saturated heterocycles. The SMILES string of the molecule is CCOc1c(CCNC(=O)CCC(=O)O)cccc1OC. The van der Waals surface area contributed by atoms with E-state index in [0.29, 0.717) is 31.1 Å². The van der Waals surface area contributed by atoms with Gasteiger partial charge in [0.2, 0.25) is 5.91 Å². The summed E-state index contributed by atoms with van der Waals surface area (Å²) in [5.74, 6) is 0.101. The number of aliphatic carboxylic acids is 1. The topological polar surface area (TPSA) is 84.9 Å². The molecule has 0 radical (unpaired) electrons. The highest BCUT2D eigenvalue weighted by Gasteiger charge is 2.10. The summed E-state index contributed by atoms with van der Waals surface area (Å²) in [4.78, 5) is 21.8. The number of carboxylic acids is 1. The Balaban J connectivity index is 2.55. The molecule has 0 aliphatic rings. The Kier molecular flexibility index (Phi) is 7.08. The van der Waals surface area contributed by atoms with Crippen molar-refractivity contribution in [2.45, 2.75) is 26.2 Å².